The van der Waals surface area contributed by atoms with Crippen LogP contribution in [0.15, 0.2) is 18.2 Å². The smallest absolute Gasteiger partial charge is 0.251 e. The van der Waals surface area contributed by atoms with Crippen molar-refractivity contribution in [3.8, 4) is 0 Å². The molecule has 0 aliphatic rings. The lowest BCUT2D eigenvalue weighted by Gasteiger charge is -2.21. The van der Waals surface area contributed by atoms with E-state index < -0.39 is 15.9 Å². The predicted molar refractivity (Wildman–Crippen MR) is 95.7 cm³/mol. The molecular weight excluding hydrogens is 312 g/mol. The molecule has 0 aliphatic carbocycles. The van der Waals surface area contributed by atoms with Crippen molar-refractivity contribution < 1.29 is 13.2 Å². The number of hydrogen-bond acceptors (Lipinski definition) is 4. The van der Waals surface area contributed by atoms with Gasteiger partial charge in [0.2, 0.25) is 0 Å². The zero-order chi connectivity index (χ0) is 17.8. The topological polar surface area (TPSA) is 75.3 Å². The molecule has 1 aromatic carbocycles. The number of nitrogens with one attached hydrogen (secondary N) is 2. The Kier molecular flexibility index (Phi) is 6.62. The van der Waals surface area contributed by atoms with Crippen LogP contribution in [-0.4, -0.2) is 38.4 Å². The maximum atomic E-state index is 12.4. The second-order valence-electron chi connectivity index (χ2n) is 6.62. The summed E-state index contributed by atoms with van der Waals surface area (Å²) in [5.74, 6) is 0.154. The van der Waals surface area contributed by atoms with Gasteiger partial charge < -0.3 is 10.6 Å². The van der Waals surface area contributed by atoms with Crippen molar-refractivity contribution in [2.75, 3.05) is 17.3 Å². The first kappa shape index (κ1) is 19.5. The fourth-order valence-corrected chi connectivity index (χ4v) is 3.24. The van der Waals surface area contributed by atoms with Gasteiger partial charge in [0.05, 0.1) is 5.75 Å². The summed E-state index contributed by atoms with van der Waals surface area (Å²) in [5.41, 5.74) is 2.35. The third-order valence-electron chi connectivity index (χ3n) is 3.89. The van der Waals surface area contributed by atoms with E-state index in [4.69, 9.17) is 0 Å². The average molecular weight is 340 g/mol. The number of carbonyl (C=O) groups excluding carboxylic acids is 1. The molecule has 0 saturated heterocycles. The van der Waals surface area contributed by atoms with Gasteiger partial charge in [0.15, 0.2) is 0 Å². The van der Waals surface area contributed by atoms with Gasteiger partial charge in [0.1, 0.15) is 9.84 Å². The van der Waals surface area contributed by atoms with Crippen LogP contribution in [0.1, 0.15) is 43.6 Å². The van der Waals surface area contributed by atoms with Crippen molar-refractivity contribution in [3.63, 3.8) is 0 Å². The number of anilines is 1. The maximum absolute atomic E-state index is 12.4. The second kappa shape index (κ2) is 7.81. The van der Waals surface area contributed by atoms with E-state index >= 15 is 0 Å². The summed E-state index contributed by atoms with van der Waals surface area (Å²) in [6, 6.07) is 5.39. The van der Waals surface area contributed by atoms with E-state index in [1.54, 1.807) is 13.0 Å². The summed E-state index contributed by atoms with van der Waals surface area (Å²) >= 11 is 0. The van der Waals surface area contributed by atoms with Crippen LogP contribution in [0, 0.1) is 12.8 Å². The third kappa shape index (κ3) is 6.22. The minimum absolute atomic E-state index is 0.0693. The van der Waals surface area contributed by atoms with Crippen LogP contribution in [-0.2, 0) is 9.84 Å². The fraction of sp³-hybridized carbons (Fsp3) is 0.588. The highest BCUT2D eigenvalue weighted by atomic mass is 32.2. The molecule has 23 heavy (non-hydrogen) atoms. The Hall–Kier alpha value is -1.56. The van der Waals surface area contributed by atoms with Gasteiger partial charge in [-0.05, 0) is 44.4 Å². The summed E-state index contributed by atoms with van der Waals surface area (Å²) in [5, 5.41) is 6.17. The number of amides is 1. The van der Waals surface area contributed by atoms with E-state index in [0.29, 0.717) is 11.5 Å². The van der Waals surface area contributed by atoms with Gasteiger partial charge in [-0.3, -0.25) is 4.79 Å². The first-order valence-corrected chi connectivity index (χ1v) is 9.92. The van der Waals surface area contributed by atoms with Crippen LogP contribution in [0.4, 0.5) is 5.69 Å². The minimum atomic E-state index is -3.12. The summed E-state index contributed by atoms with van der Waals surface area (Å²) in [6.07, 6.45) is 1.17. The molecule has 0 spiro atoms. The molecule has 2 unspecified atom stereocenters. The van der Waals surface area contributed by atoms with Crippen molar-refractivity contribution in [1.29, 1.82) is 0 Å². The second-order valence-corrected chi connectivity index (χ2v) is 8.81. The van der Waals surface area contributed by atoms with Crippen molar-refractivity contribution in [3.05, 3.63) is 29.3 Å². The summed E-state index contributed by atoms with van der Waals surface area (Å²) in [6.45, 7) is 9.96. The maximum Gasteiger partial charge on any atom is 0.251 e. The Morgan fingerprint density at radius 3 is 2.30 bits per heavy atom. The number of rotatable bonds is 7. The van der Waals surface area contributed by atoms with Gasteiger partial charge in [-0.1, -0.05) is 19.9 Å². The molecule has 1 aromatic rings. The predicted octanol–water partition coefficient (Wildman–Crippen LogP) is 2.61. The van der Waals surface area contributed by atoms with Crippen molar-refractivity contribution in [2.45, 2.75) is 46.7 Å². The van der Waals surface area contributed by atoms with Crippen LogP contribution in [0.2, 0.25) is 0 Å². The number of hydrogen-bond donors (Lipinski definition) is 2. The Morgan fingerprint density at radius 1 is 1.17 bits per heavy atom. The van der Waals surface area contributed by atoms with Crippen molar-refractivity contribution in [2.24, 2.45) is 5.92 Å². The summed E-state index contributed by atoms with van der Waals surface area (Å²) in [4.78, 5) is 12.4. The molecule has 0 fully saturated rings. The zero-order valence-electron chi connectivity index (χ0n) is 14.8. The van der Waals surface area contributed by atoms with E-state index in [-0.39, 0.29) is 17.7 Å². The molecule has 1 rings (SSSR count). The van der Waals surface area contributed by atoms with Crippen LogP contribution >= 0.6 is 0 Å². The quantitative estimate of drug-likeness (QED) is 0.800. The minimum Gasteiger partial charge on any atom is -0.382 e. The first-order valence-electron chi connectivity index (χ1n) is 7.86. The van der Waals surface area contributed by atoms with Gasteiger partial charge in [0, 0.05) is 29.6 Å². The van der Waals surface area contributed by atoms with E-state index in [0.717, 1.165) is 11.3 Å². The van der Waals surface area contributed by atoms with Crippen LogP contribution in [0.3, 0.4) is 0 Å². The largest absolute Gasteiger partial charge is 0.382 e. The molecular formula is C17H28N2O3S. The zero-order valence-corrected chi connectivity index (χ0v) is 15.6. The van der Waals surface area contributed by atoms with E-state index in [1.165, 1.54) is 6.26 Å². The van der Waals surface area contributed by atoms with Crippen molar-refractivity contribution >= 4 is 21.4 Å². The van der Waals surface area contributed by atoms with E-state index in [1.807, 2.05) is 19.1 Å². The highest BCUT2D eigenvalue weighted by Gasteiger charge is 2.17. The fourth-order valence-electron chi connectivity index (χ4n) is 2.25. The Bertz CT molecular complexity index is 654. The first-order chi connectivity index (χ1) is 10.5. The average Bonchev–Trinajstić information content (AvgIpc) is 2.38. The Morgan fingerprint density at radius 2 is 1.78 bits per heavy atom. The number of carbonyl (C=O) groups is 1. The molecule has 130 valence electrons. The van der Waals surface area contributed by atoms with Gasteiger partial charge >= 0.3 is 0 Å². The highest BCUT2D eigenvalue weighted by molar-refractivity contribution is 7.90. The molecule has 1 amide bonds. The molecule has 6 heteroatoms. The molecule has 0 aromatic heterocycles. The van der Waals surface area contributed by atoms with Gasteiger partial charge in [-0.15, -0.1) is 0 Å². The summed E-state index contributed by atoms with van der Waals surface area (Å²) < 4.78 is 22.6. The van der Waals surface area contributed by atoms with E-state index in [2.05, 4.69) is 31.4 Å². The third-order valence-corrected chi connectivity index (χ3v) is 5.00. The normalized spacial score (nSPS) is 14.4. The Balaban J connectivity index is 2.90. The Labute approximate surface area is 139 Å². The van der Waals surface area contributed by atoms with Crippen LogP contribution in [0.5, 0.6) is 0 Å². The molecule has 0 saturated carbocycles. The van der Waals surface area contributed by atoms with Gasteiger partial charge in [-0.25, -0.2) is 8.42 Å². The molecule has 0 heterocycles. The summed E-state index contributed by atoms with van der Waals surface area (Å²) in [7, 11) is -3.12. The molecule has 0 bridgehead atoms. The molecule has 5 nitrogen and oxygen atoms in total. The van der Waals surface area contributed by atoms with Gasteiger partial charge in [-0.2, -0.15) is 0 Å². The highest BCUT2D eigenvalue weighted by Crippen LogP contribution is 2.21. The van der Waals surface area contributed by atoms with Crippen LogP contribution in [0.25, 0.3) is 0 Å². The van der Waals surface area contributed by atoms with Crippen LogP contribution < -0.4 is 10.6 Å². The molecule has 0 aliphatic heterocycles. The van der Waals surface area contributed by atoms with Gasteiger partial charge in [0.25, 0.3) is 5.91 Å². The standard InChI is InChI=1S/C17H28N2O3S/c1-11(2)14(5)19-16-9-7-8-15(13(16)4)17(20)18-12(3)10-23(6,21)22/h7-9,11-12,14,19H,10H2,1-6H3,(H,18,20). The molecule has 2 N–H and O–H groups in total. The number of sulfone groups is 1. The lowest BCUT2D eigenvalue weighted by molar-refractivity contribution is 0.0943. The molecule has 0 radical (unpaired) electrons. The lowest BCUT2D eigenvalue weighted by Crippen LogP contribution is -2.37. The molecule has 2 atom stereocenters. The van der Waals surface area contributed by atoms with Crippen molar-refractivity contribution in [1.82, 2.24) is 5.32 Å². The monoisotopic (exact) mass is 340 g/mol. The van der Waals surface area contributed by atoms with E-state index in [9.17, 15) is 13.2 Å². The number of benzene rings is 1. The SMILES string of the molecule is Cc1c(NC(C)C(C)C)cccc1C(=O)NC(C)CS(C)(=O)=O. The lowest BCUT2D eigenvalue weighted by atomic mass is 10.0.